The van der Waals surface area contributed by atoms with Gasteiger partial charge < -0.3 is 5.32 Å². The lowest BCUT2D eigenvalue weighted by molar-refractivity contribution is 0.589. The van der Waals surface area contributed by atoms with Gasteiger partial charge >= 0.3 is 0 Å². The minimum absolute atomic E-state index is 0.116. The van der Waals surface area contributed by atoms with Crippen LogP contribution in [0.3, 0.4) is 0 Å². The molecule has 0 amide bonds. The normalized spacial score (nSPS) is 10.5. The van der Waals surface area contributed by atoms with Gasteiger partial charge in [0.1, 0.15) is 11.6 Å². The van der Waals surface area contributed by atoms with E-state index in [4.69, 9.17) is 0 Å². The molecule has 0 saturated heterocycles. The number of benzene rings is 1. The second kappa shape index (κ2) is 5.18. The summed E-state index contributed by atoms with van der Waals surface area (Å²) in [6, 6.07) is 3.74. The Balaban J connectivity index is 2.30. The van der Waals surface area contributed by atoms with Crippen LogP contribution in [0.25, 0.3) is 10.6 Å². The van der Waals surface area contributed by atoms with E-state index in [1.54, 1.807) is 0 Å². The van der Waals surface area contributed by atoms with E-state index in [2.05, 4.69) is 15.5 Å². The van der Waals surface area contributed by atoms with Crippen LogP contribution in [0, 0.1) is 11.6 Å². The maximum absolute atomic E-state index is 13.5. The number of nitrogens with one attached hydrogen (secondary N) is 1. The highest BCUT2D eigenvalue weighted by molar-refractivity contribution is 7.18. The molecular formula is C11H11F2N3S. The molecule has 17 heavy (non-hydrogen) atoms. The molecule has 2 rings (SSSR count). The molecule has 1 aromatic heterocycles. The largest absolute Gasteiger partial charge is 0.360 e. The van der Waals surface area contributed by atoms with Crippen molar-refractivity contribution in [3.05, 3.63) is 29.8 Å². The van der Waals surface area contributed by atoms with E-state index in [0.717, 1.165) is 24.3 Å². The number of halogens is 2. The zero-order valence-corrected chi connectivity index (χ0v) is 10.0. The number of anilines is 1. The molecule has 6 heteroatoms. The summed E-state index contributed by atoms with van der Waals surface area (Å²) in [5.74, 6) is -1.24. The highest BCUT2D eigenvalue weighted by Gasteiger charge is 2.15. The van der Waals surface area contributed by atoms with Gasteiger partial charge in [-0.05, 0) is 18.6 Å². The van der Waals surface area contributed by atoms with Crippen molar-refractivity contribution < 1.29 is 8.78 Å². The number of hydrogen-bond donors (Lipinski definition) is 1. The minimum atomic E-state index is -0.622. The third-order valence-corrected chi connectivity index (χ3v) is 3.03. The van der Waals surface area contributed by atoms with Crippen LogP contribution in [0.1, 0.15) is 13.3 Å². The molecule has 0 bridgehead atoms. The summed E-state index contributed by atoms with van der Waals surface area (Å²) in [5, 5.41) is 11.5. The molecule has 2 aromatic rings. The van der Waals surface area contributed by atoms with Crippen LogP contribution >= 0.6 is 11.3 Å². The van der Waals surface area contributed by atoms with Crippen LogP contribution in [-0.2, 0) is 0 Å². The molecule has 0 radical (unpaired) electrons. The molecular weight excluding hydrogens is 244 g/mol. The van der Waals surface area contributed by atoms with Gasteiger partial charge in [-0.3, -0.25) is 0 Å². The number of hydrogen-bond acceptors (Lipinski definition) is 4. The zero-order chi connectivity index (χ0) is 12.3. The summed E-state index contributed by atoms with van der Waals surface area (Å²) in [6.45, 7) is 2.78. The number of rotatable bonds is 4. The third-order valence-electron chi connectivity index (χ3n) is 2.13. The Labute approximate surface area is 102 Å². The van der Waals surface area contributed by atoms with E-state index in [9.17, 15) is 8.78 Å². The predicted molar refractivity (Wildman–Crippen MR) is 64.0 cm³/mol. The van der Waals surface area contributed by atoms with Gasteiger partial charge in [0.2, 0.25) is 5.13 Å². The van der Waals surface area contributed by atoms with E-state index in [1.165, 1.54) is 18.2 Å². The molecule has 1 aromatic carbocycles. The Hall–Kier alpha value is -1.56. The summed E-state index contributed by atoms with van der Waals surface area (Å²) in [6.07, 6.45) is 0.947. The van der Waals surface area contributed by atoms with E-state index in [1.807, 2.05) is 6.92 Å². The van der Waals surface area contributed by atoms with Crippen LogP contribution in [0.5, 0.6) is 0 Å². The lowest BCUT2D eigenvalue weighted by atomic mass is 10.2. The smallest absolute Gasteiger partial charge is 0.206 e. The highest BCUT2D eigenvalue weighted by atomic mass is 32.1. The summed E-state index contributed by atoms with van der Waals surface area (Å²) >= 11 is 1.14. The van der Waals surface area contributed by atoms with Crippen molar-refractivity contribution in [3.63, 3.8) is 0 Å². The quantitative estimate of drug-likeness (QED) is 0.910. The fourth-order valence-corrected chi connectivity index (χ4v) is 2.15. The summed E-state index contributed by atoms with van der Waals surface area (Å²) in [7, 11) is 0. The molecule has 0 atom stereocenters. The van der Waals surface area contributed by atoms with Crippen LogP contribution in [-0.4, -0.2) is 16.7 Å². The Kier molecular flexibility index (Phi) is 3.63. The molecule has 90 valence electrons. The van der Waals surface area contributed by atoms with Gasteiger partial charge in [0.05, 0.1) is 5.56 Å². The second-order valence-corrected chi connectivity index (χ2v) is 4.41. The molecule has 0 aliphatic carbocycles. The fraction of sp³-hybridized carbons (Fsp3) is 0.273. The first kappa shape index (κ1) is 11.9. The first-order chi connectivity index (χ1) is 8.22. The summed E-state index contributed by atoms with van der Waals surface area (Å²) in [4.78, 5) is 0. The maximum Gasteiger partial charge on any atom is 0.206 e. The van der Waals surface area contributed by atoms with E-state index in [-0.39, 0.29) is 10.6 Å². The average molecular weight is 255 g/mol. The fourth-order valence-electron chi connectivity index (χ4n) is 1.33. The molecule has 0 saturated carbocycles. The predicted octanol–water partition coefficient (Wildman–Crippen LogP) is 3.31. The van der Waals surface area contributed by atoms with Gasteiger partial charge in [-0.15, -0.1) is 10.2 Å². The number of aromatic nitrogens is 2. The van der Waals surface area contributed by atoms with E-state index < -0.39 is 11.6 Å². The minimum Gasteiger partial charge on any atom is -0.360 e. The summed E-state index contributed by atoms with van der Waals surface area (Å²) < 4.78 is 27.0. The number of nitrogens with zero attached hydrogens (tertiary/aromatic N) is 2. The van der Waals surface area contributed by atoms with Crippen molar-refractivity contribution in [2.45, 2.75) is 13.3 Å². The molecule has 0 unspecified atom stereocenters. The van der Waals surface area contributed by atoms with Gasteiger partial charge in [-0.1, -0.05) is 24.3 Å². The van der Waals surface area contributed by atoms with Crippen molar-refractivity contribution in [2.75, 3.05) is 11.9 Å². The van der Waals surface area contributed by atoms with Crippen molar-refractivity contribution >= 4 is 16.5 Å². The second-order valence-electron chi connectivity index (χ2n) is 3.44. The highest BCUT2D eigenvalue weighted by Crippen LogP contribution is 2.30. The molecule has 1 N–H and O–H groups in total. The first-order valence-corrected chi connectivity index (χ1v) is 6.05. The molecule has 1 heterocycles. The van der Waals surface area contributed by atoms with Crippen LogP contribution in [0.4, 0.5) is 13.9 Å². The van der Waals surface area contributed by atoms with Crippen LogP contribution < -0.4 is 5.32 Å². The van der Waals surface area contributed by atoms with Gasteiger partial charge in [-0.2, -0.15) is 0 Å². The Morgan fingerprint density at radius 1 is 1.24 bits per heavy atom. The van der Waals surface area contributed by atoms with Gasteiger partial charge in [0.15, 0.2) is 5.01 Å². The topological polar surface area (TPSA) is 37.8 Å². The lowest BCUT2D eigenvalue weighted by Gasteiger charge is -1.99. The lowest BCUT2D eigenvalue weighted by Crippen LogP contribution is -1.98. The summed E-state index contributed by atoms with van der Waals surface area (Å²) in [5.41, 5.74) is -0.116. The average Bonchev–Trinajstić information content (AvgIpc) is 2.75. The zero-order valence-electron chi connectivity index (χ0n) is 9.20. The maximum atomic E-state index is 13.5. The first-order valence-electron chi connectivity index (χ1n) is 5.24. The van der Waals surface area contributed by atoms with Crippen LogP contribution in [0.15, 0.2) is 18.2 Å². The molecule has 0 aliphatic rings. The Bertz CT molecular complexity index is 493. The monoisotopic (exact) mass is 255 g/mol. The Morgan fingerprint density at radius 3 is 2.59 bits per heavy atom. The van der Waals surface area contributed by atoms with Gasteiger partial charge in [0.25, 0.3) is 0 Å². The Morgan fingerprint density at radius 2 is 1.94 bits per heavy atom. The third kappa shape index (κ3) is 2.58. The van der Waals surface area contributed by atoms with E-state index >= 15 is 0 Å². The standard InChI is InChI=1S/C11H11F2N3S/c1-2-6-14-11-16-15-10(17-11)9-7(12)4-3-5-8(9)13/h3-5H,2,6H2,1H3,(H,14,16). The SMILES string of the molecule is CCCNc1nnc(-c2c(F)cccc2F)s1. The van der Waals surface area contributed by atoms with Gasteiger partial charge in [0, 0.05) is 6.54 Å². The van der Waals surface area contributed by atoms with Crippen molar-refractivity contribution in [1.82, 2.24) is 10.2 Å². The van der Waals surface area contributed by atoms with Gasteiger partial charge in [-0.25, -0.2) is 8.78 Å². The molecule has 3 nitrogen and oxygen atoms in total. The van der Waals surface area contributed by atoms with Crippen LogP contribution in [0.2, 0.25) is 0 Å². The van der Waals surface area contributed by atoms with Crippen molar-refractivity contribution in [3.8, 4) is 10.6 Å². The van der Waals surface area contributed by atoms with Crippen molar-refractivity contribution in [2.24, 2.45) is 0 Å². The van der Waals surface area contributed by atoms with E-state index in [0.29, 0.717) is 5.13 Å². The molecule has 0 fully saturated rings. The molecule has 0 aliphatic heterocycles. The van der Waals surface area contributed by atoms with Crippen molar-refractivity contribution in [1.29, 1.82) is 0 Å². The molecule has 0 spiro atoms.